The van der Waals surface area contributed by atoms with Gasteiger partial charge in [-0.3, -0.25) is 24.8 Å². The second kappa shape index (κ2) is 10.3. The molecule has 4 rings (SSSR count). The first kappa shape index (κ1) is 23.8. The number of urea groups is 1. The largest absolute Gasteiger partial charge is 0.492 e. The van der Waals surface area contributed by atoms with E-state index in [0.717, 1.165) is 56.3 Å². The van der Waals surface area contributed by atoms with E-state index in [4.69, 9.17) is 16.3 Å². The fourth-order valence-corrected chi connectivity index (χ4v) is 4.80. The number of hydrogen-bond acceptors (Lipinski definition) is 6. The minimum absolute atomic E-state index is 0.149. The third-order valence-electron chi connectivity index (χ3n) is 6.85. The summed E-state index contributed by atoms with van der Waals surface area (Å²) in [6, 6.07) is 6.76. The van der Waals surface area contributed by atoms with Gasteiger partial charge in [-0.15, -0.1) is 0 Å². The van der Waals surface area contributed by atoms with Crippen LogP contribution in [0.15, 0.2) is 24.3 Å². The molecule has 2 saturated heterocycles. The van der Waals surface area contributed by atoms with Crippen LogP contribution in [-0.2, 0) is 9.59 Å². The number of hydrazine groups is 1. The smallest absolute Gasteiger partial charge is 0.344 e. The van der Waals surface area contributed by atoms with Gasteiger partial charge in [0.2, 0.25) is 0 Å². The predicted octanol–water partition coefficient (Wildman–Crippen LogP) is 1.87. The number of rotatable bonds is 7. The lowest BCUT2D eigenvalue weighted by Gasteiger charge is -2.34. The first-order chi connectivity index (χ1) is 15.8. The maximum atomic E-state index is 12.9. The van der Waals surface area contributed by atoms with Gasteiger partial charge in [-0.2, -0.15) is 5.01 Å². The van der Waals surface area contributed by atoms with Gasteiger partial charge in [0.25, 0.3) is 11.8 Å². The van der Waals surface area contributed by atoms with E-state index >= 15 is 0 Å². The van der Waals surface area contributed by atoms with E-state index in [1.165, 1.54) is 0 Å². The second-order valence-corrected chi connectivity index (χ2v) is 9.73. The summed E-state index contributed by atoms with van der Waals surface area (Å²) in [5, 5.41) is 4.38. The molecule has 33 heavy (non-hydrogen) atoms. The lowest BCUT2D eigenvalue weighted by molar-refractivity contribution is -0.140. The van der Waals surface area contributed by atoms with Crippen molar-refractivity contribution in [1.82, 2.24) is 25.6 Å². The van der Waals surface area contributed by atoms with Gasteiger partial charge in [-0.05, 0) is 55.9 Å². The van der Waals surface area contributed by atoms with Gasteiger partial charge in [-0.1, -0.05) is 18.5 Å². The lowest BCUT2D eigenvalue weighted by atomic mass is 9.77. The Kier molecular flexibility index (Phi) is 7.41. The summed E-state index contributed by atoms with van der Waals surface area (Å²) in [4.78, 5) is 42.1. The molecule has 2 N–H and O–H groups in total. The molecule has 0 radical (unpaired) electrons. The van der Waals surface area contributed by atoms with Crippen molar-refractivity contribution in [3.8, 4) is 5.75 Å². The summed E-state index contributed by atoms with van der Waals surface area (Å²) in [5.41, 5.74) is 1.67. The van der Waals surface area contributed by atoms with Crippen LogP contribution in [-0.4, -0.2) is 84.1 Å². The highest BCUT2D eigenvalue weighted by molar-refractivity contribution is 6.30. The molecule has 10 heteroatoms. The number of halogens is 1. The molecule has 1 saturated carbocycles. The van der Waals surface area contributed by atoms with Crippen molar-refractivity contribution in [2.45, 2.75) is 38.1 Å². The predicted molar refractivity (Wildman–Crippen MR) is 124 cm³/mol. The fraction of sp³-hybridized carbons (Fsp3) is 0.609. The summed E-state index contributed by atoms with van der Waals surface area (Å²) in [6.07, 6.45) is 3.02. The van der Waals surface area contributed by atoms with E-state index in [-0.39, 0.29) is 18.4 Å². The van der Waals surface area contributed by atoms with Gasteiger partial charge in [-0.25, -0.2) is 4.79 Å². The summed E-state index contributed by atoms with van der Waals surface area (Å²) < 4.78 is 5.75. The minimum Gasteiger partial charge on any atom is -0.492 e. The Labute approximate surface area is 199 Å². The van der Waals surface area contributed by atoms with E-state index < -0.39 is 11.6 Å². The van der Waals surface area contributed by atoms with Crippen molar-refractivity contribution in [3.05, 3.63) is 29.3 Å². The van der Waals surface area contributed by atoms with Crippen LogP contribution < -0.4 is 15.5 Å². The Morgan fingerprint density at radius 2 is 1.76 bits per heavy atom. The highest BCUT2D eigenvalue weighted by atomic mass is 35.5. The topological polar surface area (TPSA) is 94.2 Å². The molecule has 1 aliphatic carbocycles. The second-order valence-electron chi connectivity index (χ2n) is 9.29. The van der Waals surface area contributed by atoms with Gasteiger partial charge in [0.1, 0.15) is 17.9 Å². The molecule has 9 nitrogen and oxygen atoms in total. The first-order valence-electron chi connectivity index (χ1n) is 11.6. The average Bonchev–Trinajstić information content (AvgIpc) is 3.02. The molecule has 0 unspecified atom stereocenters. The molecule has 1 aromatic rings. The Morgan fingerprint density at radius 3 is 2.42 bits per heavy atom. The third kappa shape index (κ3) is 5.77. The quantitative estimate of drug-likeness (QED) is 0.582. The summed E-state index contributed by atoms with van der Waals surface area (Å²) in [7, 11) is 0. The van der Waals surface area contributed by atoms with Crippen LogP contribution in [0.3, 0.4) is 0 Å². The Bertz CT molecular complexity index is 864. The van der Waals surface area contributed by atoms with Crippen molar-refractivity contribution in [1.29, 1.82) is 0 Å². The zero-order valence-corrected chi connectivity index (χ0v) is 19.8. The Balaban J connectivity index is 1.17. The van der Waals surface area contributed by atoms with Crippen LogP contribution >= 0.6 is 11.6 Å². The highest BCUT2D eigenvalue weighted by Gasteiger charge is 2.52. The Morgan fingerprint density at radius 1 is 1.12 bits per heavy atom. The number of ether oxygens (including phenoxy) is 1. The van der Waals surface area contributed by atoms with Crippen LogP contribution in [0.2, 0.25) is 5.02 Å². The maximum Gasteiger partial charge on any atom is 0.344 e. The van der Waals surface area contributed by atoms with Crippen molar-refractivity contribution in [2.24, 2.45) is 5.92 Å². The summed E-state index contributed by atoms with van der Waals surface area (Å²) in [6.45, 7) is 6.78. The lowest BCUT2D eigenvalue weighted by Crippen LogP contribution is -2.54. The molecular weight excluding hydrogens is 446 g/mol. The molecule has 0 aromatic heterocycles. The zero-order chi connectivity index (χ0) is 23.4. The molecule has 4 amide bonds. The molecule has 1 spiro atoms. The average molecular weight is 478 g/mol. The van der Waals surface area contributed by atoms with E-state index in [2.05, 4.69) is 22.6 Å². The first-order valence-corrected chi connectivity index (χ1v) is 12.0. The van der Waals surface area contributed by atoms with Gasteiger partial charge in [0, 0.05) is 37.7 Å². The molecule has 3 aliphatic rings. The highest BCUT2D eigenvalue weighted by Crippen LogP contribution is 2.35. The van der Waals surface area contributed by atoms with E-state index in [1.54, 1.807) is 12.1 Å². The Hall–Kier alpha value is -2.36. The number of piperazine rings is 1. The molecule has 180 valence electrons. The van der Waals surface area contributed by atoms with Crippen molar-refractivity contribution in [3.63, 3.8) is 0 Å². The third-order valence-corrected chi connectivity index (χ3v) is 7.10. The molecule has 0 atom stereocenters. The van der Waals surface area contributed by atoms with Crippen molar-refractivity contribution >= 4 is 29.4 Å². The fourth-order valence-electron chi connectivity index (χ4n) is 4.67. The number of imide groups is 1. The summed E-state index contributed by atoms with van der Waals surface area (Å²) in [5.74, 6) is 0.656. The van der Waals surface area contributed by atoms with E-state index in [0.29, 0.717) is 30.4 Å². The number of amides is 4. The molecular formula is C23H32ClN5O4. The number of hydrogen-bond donors (Lipinski definition) is 2. The molecule has 0 bridgehead atoms. The molecule has 1 aromatic carbocycles. The van der Waals surface area contributed by atoms with Gasteiger partial charge < -0.3 is 10.1 Å². The van der Waals surface area contributed by atoms with Crippen molar-refractivity contribution < 1.29 is 19.1 Å². The normalized spacial score (nSPS) is 26.5. The van der Waals surface area contributed by atoms with Gasteiger partial charge in [0.05, 0.1) is 6.54 Å². The number of carbonyl (C=O) groups is 3. The number of benzene rings is 1. The van der Waals surface area contributed by atoms with Crippen LogP contribution in [0.4, 0.5) is 4.79 Å². The zero-order valence-electron chi connectivity index (χ0n) is 19.0. The number of carbonyl (C=O) groups excluding carboxylic acids is 3. The number of nitrogens with zero attached hydrogens (tertiary/aromatic N) is 3. The van der Waals surface area contributed by atoms with Crippen LogP contribution in [0.5, 0.6) is 5.75 Å². The maximum absolute atomic E-state index is 12.9. The van der Waals surface area contributed by atoms with E-state index in [1.807, 2.05) is 17.0 Å². The SMILES string of the molecule is CC1CCC2(CC1)NC(=O)N(NC(=O)CN1CCN(CCOc3ccc(Cl)cc3)CC1)C2=O. The number of nitrogens with one attached hydrogen (secondary N) is 2. The van der Waals surface area contributed by atoms with Crippen LogP contribution in [0, 0.1) is 5.92 Å². The minimum atomic E-state index is -0.851. The molecule has 3 fully saturated rings. The van der Waals surface area contributed by atoms with Crippen LogP contribution in [0.1, 0.15) is 32.6 Å². The van der Waals surface area contributed by atoms with Gasteiger partial charge in [0.15, 0.2) is 0 Å². The standard InChI is InChI=1S/C23H32ClN5O4/c1-17-6-8-23(9-7-17)21(31)29(22(32)25-23)26-20(30)16-28-12-10-27(11-13-28)14-15-33-19-4-2-18(24)3-5-19/h2-5,17H,6-16H2,1H3,(H,25,32)(H,26,30). The molecule has 2 aliphatic heterocycles. The summed E-state index contributed by atoms with van der Waals surface area (Å²) >= 11 is 5.88. The van der Waals surface area contributed by atoms with Gasteiger partial charge >= 0.3 is 6.03 Å². The van der Waals surface area contributed by atoms with Crippen molar-refractivity contribution in [2.75, 3.05) is 45.9 Å². The monoisotopic (exact) mass is 477 g/mol. The van der Waals surface area contributed by atoms with Crippen LogP contribution in [0.25, 0.3) is 0 Å². The molecule has 2 heterocycles. The van der Waals surface area contributed by atoms with E-state index in [9.17, 15) is 14.4 Å².